The summed E-state index contributed by atoms with van der Waals surface area (Å²) in [5.74, 6) is -2.54. The third kappa shape index (κ3) is 4.83. The Kier molecular flexibility index (Phi) is 6.72. The van der Waals surface area contributed by atoms with E-state index in [0.717, 1.165) is 22.4 Å². The summed E-state index contributed by atoms with van der Waals surface area (Å²) in [4.78, 5) is 24.4. The van der Waals surface area contributed by atoms with E-state index >= 15 is 0 Å². The van der Waals surface area contributed by atoms with Gasteiger partial charge in [0.2, 0.25) is 0 Å². The van der Waals surface area contributed by atoms with Crippen molar-refractivity contribution >= 4 is 22.7 Å². The zero-order valence-electron chi connectivity index (χ0n) is 19.2. The number of carbonyl (C=O) groups excluding carboxylic acids is 1. The third-order valence-electron chi connectivity index (χ3n) is 6.52. The molecule has 0 aromatic heterocycles. The zero-order valence-corrected chi connectivity index (χ0v) is 19.2. The Hall–Kier alpha value is -3.61. The Labute approximate surface area is 197 Å². The minimum atomic E-state index is -1.30. The van der Waals surface area contributed by atoms with Crippen molar-refractivity contribution in [3.63, 3.8) is 0 Å². The molecule has 4 rings (SSSR count). The molecule has 34 heavy (non-hydrogen) atoms. The van der Waals surface area contributed by atoms with E-state index in [-0.39, 0.29) is 35.7 Å². The predicted molar refractivity (Wildman–Crippen MR) is 125 cm³/mol. The van der Waals surface area contributed by atoms with Crippen LogP contribution in [0.4, 0.5) is 4.39 Å². The molecule has 0 atom stereocenters. The van der Waals surface area contributed by atoms with E-state index in [2.05, 4.69) is 0 Å². The quantitative estimate of drug-likeness (QED) is 0.446. The maximum atomic E-state index is 14.2. The van der Waals surface area contributed by atoms with Gasteiger partial charge >= 0.3 is 11.9 Å². The highest BCUT2D eigenvalue weighted by molar-refractivity contribution is 5.91. The van der Waals surface area contributed by atoms with Crippen LogP contribution in [0.2, 0.25) is 0 Å². The number of carboxylic acid groups (broad SMARTS) is 1. The van der Waals surface area contributed by atoms with E-state index < -0.39 is 17.2 Å². The number of fused-ring (bicyclic) bond motifs is 1. The molecule has 1 aliphatic rings. The molecule has 1 saturated carbocycles. The topological polar surface area (TPSA) is 82.1 Å². The molecule has 0 amide bonds. The van der Waals surface area contributed by atoms with Gasteiger partial charge in [-0.15, -0.1) is 0 Å². The van der Waals surface area contributed by atoms with Crippen molar-refractivity contribution in [1.29, 1.82) is 0 Å². The highest BCUT2D eigenvalue weighted by Gasteiger charge is 2.39. The fourth-order valence-corrected chi connectivity index (χ4v) is 4.48. The van der Waals surface area contributed by atoms with Crippen LogP contribution in [-0.2, 0) is 16.1 Å². The summed E-state index contributed by atoms with van der Waals surface area (Å²) in [5, 5.41) is 11.5. The van der Waals surface area contributed by atoms with E-state index in [1.54, 1.807) is 0 Å². The summed E-state index contributed by atoms with van der Waals surface area (Å²) < 4.78 is 30.7. The van der Waals surface area contributed by atoms with E-state index in [9.17, 15) is 19.1 Å². The van der Waals surface area contributed by atoms with Crippen LogP contribution in [0.15, 0.2) is 54.6 Å². The molecule has 0 bridgehead atoms. The summed E-state index contributed by atoms with van der Waals surface area (Å²) in [6, 6.07) is 16.3. The molecule has 0 radical (unpaired) electrons. The second kappa shape index (κ2) is 9.71. The lowest BCUT2D eigenvalue weighted by molar-refractivity contribution is -0.159. The summed E-state index contributed by atoms with van der Waals surface area (Å²) >= 11 is 0. The molecule has 1 N–H and O–H groups in total. The first kappa shape index (κ1) is 23.5. The van der Waals surface area contributed by atoms with E-state index in [4.69, 9.17) is 14.2 Å². The van der Waals surface area contributed by atoms with Crippen LogP contribution in [-0.4, -0.2) is 30.3 Å². The first-order valence-electron chi connectivity index (χ1n) is 11.2. The lowest BCUT2D eigenvalue weighted by atomic mass is 9.74. The summed E-state index contributed by atoms with van der Waals surface area (Å²) in [6.45, 7) is 2.10. The molecule has 3 aromatic carbocycles. The molecule has 3 aromatic rings. The van der Waals surface area contributed by atoms with Crippen LogP contribution in [0, 0.1) is 11.2 Å². The van der Waals surface area contributed by atoms with Gasteiger partial charge in [-0.3, -0.25) is 4.79 Å². The molecule has 0 heterocycles. The second-order valence-electron chi connectivity index (χ2n) is 8.88. The third-order valence-corrected chi connectivity index (χ3v) is 6.52. The Morgan fingerprint density at radius 1 is 1.09 bits per heavy atom. The van der Waals surface area contributed by atoms with Gasteiger partial charge in [-0.2, -0.15) is 0 Å². The molecule has 7 heteroatoms. The Balaban J connectivity index is 1.37. The number of esters is 1. The molecule has 1 fully saturated rings. The lowest BCUT2D eigenvalue weighted by Crippen LogP contribution is -2.37. The number of halogens is 1. The number of aromatic carboxylic acids is 1. The van der Waals surface area contributed by atoms with E-state index in [0.29, 0.717) is 25.7 Å². The van der Waals surface area contributed by atoms with Crippen molar-refractivity contribution in [2.45, 2.75) is 45.3 Å². The van der Waals surface area contributed by atoms with Crippen LogP contribution < -0.4 is 9.47 Å². The van der Waals surface area contributed by atoms with Crippen molar-refractivity contribution in [2.75, 3.05) is 7.11 Å². The minimum absolute atomic E-state index is 0.128. The molecule has 0 aliphatic heterocycles. The first-order valence-corrected chi connectivity index (χ1v) is 11.2. The van der Waals surface area contributed by atoms with Crippen LogP contribution in [0.5, 0.6) is 11.5 Å². The van der Waals surface area contributed by atoms with Crippen molar-refractivity contribution in [3.8, 4) is 11.5 Å². The molecule has 0 spiro atoms. The number of hydrogen-bond acceptors (Lipinski definition) is 5. The van der Waals surface area contributed by atoms with Gasteiger partial charge in [0, 0.05) is 6.07 Å². The number of benzene rings is 3. The monoisotopic (exact) mass is 466 g/mol. The number of methoxy groups -OCH3 is 1. The van der Waals surface area contributed by atoms with Gasteiger partial charge < -0.3 is 19.3 Å². The van der Waals surface area contributed by atoms with Crippen LogP contribution in [0.25, 0.3) is 10.8 Å². The lowest BCUT2D eigenvalue weighted by Gasteiger charge is -2.35. The highest BCUT2D eigenvalue weighted by atomic mass is 19.1. The van der Waals surface area contributed by atoms with Crippen molar-refractivity contribution in [1.82, 2.24) is 0 Å². The van der Waals surface area contributed by atoms with Gasteiger partial charge in [0.1, 0.15) is 17.9 Å². The largest absolute Gasteiger partial charge is 0.493 e. The van der Waals surface area contributed by atoms with Crippen LogP contribution in [0.1, 0.15) is 48.5 Å². The van der Waals surface area contributed by atoms with Crippen LogP contribution in [0.3, 0.4) is 0 Å². The molecule has 1 aliphatic carbocycles. The molecular formula is C27H27FO6. The molecule has 6 nitrogen and oxygen atoms in total. The van der Waals surface area contributed by atoms with Gasteiger partial charge in [0.15, 0.2) is 11.6 Å². The molecular weight excluding hydrogens is 439 g/mol. The van der Waals surface area contributed by atoms with Gasteiger partial charge in [-0.25, -0.2) is 9.18 Å². The van der Waals surface area contributed by atoms with Crippen LogP contribution >= 0.6 is 0 Å². The van der Waals surface area contributed by atoms with Gasteiger partial charge in [-0.1, -0.05) is 42.5 Å². The molecule has 0 unspecified atom stereocenters. The van der Waals surface area contributed by atoms with Gasteiger partial charge in [-0.05, 0) is 55.0 Å². The van der Waals surface area contributed by atoms with Gasteiger partial charge in [0.25, 0.3) is 0 Å². The fraction of sp³-hybridized carbons (Fsp3) is 0.333. The summed E-state index contributed by atoms with van der Waals surface area (Å²) in [5.41, 5.74) is 0.0277. The Morgan fingerprint density at radius 3 is 2.50 bits per heavy atom. The number of carbonyl (C=O) groups is 2. The number of rotatable bonds is 7. The van der Waals surface area contributed by atoms with E-state index in [1.807, 2.05) is 49.4 Å². The smallest absolute Gasteiger partial charge is 0.339 e. The van der Waals surface area contributed by atoms with Crippen molar-refractivity contribution in [2.24, 2.45) is 5.41 Å². The average molecular weight is 467 g/mol. The fourth-order valence-electron chi connectivity index (χ4n) is 4.48. The van der Waals surface area contributed by atoms with Gasteiger partial charge in [0.05, 0.1) is 18.6 Å². The standard InChI is InChI=1S/C27H27FO6/c1-27(26(31)33-16-18-8-5-7-17-6-3-4-9-21(17)18)12-10-19(11-13-27)34-20-14-22(25(29)30)24(32-2)23(28)15-20/h3-9,14-15,19H,10-13,16H2,1-2H3,(H,29,30)/t19-,27+. The highest BCUT2D eigenvalue weighted by Crippen LogP contribution is 2.39. The van der Waals surface area contributed by atoms with Crippen molar-refractivity contribution < 1.29 is 33.3 Å². The minimum Gasteiger partial charge on any atom is -0.493 e. The Morgan fingerprint density at radius 2 is 1.79 bits per heavy atom. The SMILES string of the molecule is COc1c(F)cc(O[C@H]2CC[C@@](C)(C(=O)OCc3cccc4ccccc34)CC2)cc1C(=O)O. The summed E-state index contributed by atoms with van der Waals surface area (Å²) in [7, 11) is 1.21. The number of ether oxygens (including phenoxy) is 3. The number of carboxylic acids is 1. The zero-order chi connectivity index (χ0) is 24.3. The first-order chi connectivity index (χ1) is 16.3. The normalized spacial score (nSPS) is 20.0. The van der Waals surface area contributed by atoms with E-state index in [1.165, 1.54) is 13.2 Å². The Bertz CT molecular complexity index is 1210. The molecule has 0 saturated heterocycles. The maximum absolute atomic E-state index is 14.2. The summed E-state index contributed by atoms with van der Waals surface area (Å²) in [6.07, 6.45) is 1.98. The maximum Gasteiger partial charge on any atom is 0.339 e. The average Bonchev–Trinajstić information content (AvgIpc) is 2.83. The van der Waals surface area contributed by atoms with Crippen molar-refractivity contribution in [3.05, 3.63) is 71.5 Å². The second-order valence-corrected chi connectivity index (χ2v) is 8.88. The predicted octanol–water partition coefficient (Wildman–Crippen LogP) is 5.76. The number of hydrogen-bond donors (Lipinski definition) is 1. The molecule has 178 valence electrons.